The van der Waals surface area contributed by atoms with Gasteiger partial charge in [0.1, 0.15) is 12.4 Å². The van der Waals surface area contributed by atoms with Gasteiger partial charge in [0.2, 0.25) is 5.91 Å². The van der Waals surface area contributed by atoms with Crippen LogP contribution in [0.1, 0.15) is 0 Å². The second-order valence-electron chi connectivity index (χ2n) is 6.90. The van der Waals surface area contributed by atoms with Crippen molar-refractivity contribution in [2.75, 3.05) is 31.1 Å². The van der Waals surface area contributed by atoms with Crippen molar-refractivity contribution in [3.63, 3.8) is 0 Å². The minimum Gasteiger partial charge on any atom is -0.368 e. The van der Waals surface area contributed by atoms with Crippen LogP contribution in [-0.4, -0.2) is 46.8 Å². The normalized spacial score (nSPS) is 14.1. The number of piperazine rings is 1. The van der Waals surface area contributed by atoms with Gasteiger partial charge in [-0.05, 0) is 30.3 Å². The molecule has 7 heteroatoms. The van der Waals surface area contributed by atoms with Crippen LogP contribution < -0.4 is 10.5 Å². The summed E-state index contributed by atoms with van der Waals surface area (Å²) in [6.07, 6.45) is 0. The maximum atomic E-state index is 14.0. The number of anilines is 1. The van der Waals surface area contributed by atoms with Gasteiger partial charge in [-0.15, -0.1) is 0 Å². The third-order valence-corrected chi connectivity index (χ3v) is 5.06. The summed E-state index contributed by atoms with van der Waals surface area (Å²) in [5.74, 6) is -0.591. The lowest BCUT2D eigenvalue weighted by Gasteiger charge is -2.36. The van der Waals surface area contributed by atoms with E-state index in [2.05, 4.69) is 22.1 Å². The largest absolute Gasteiger partial charge is 0.368 e. The van der Waals surface area contributed by atoms with Gasteiger partial charge in [0.25, 0.3) is 5.56 Å². The summed E-state index contributed by atoms with van der Waals surface area (Å²) >= 11 is 0. The molecule has 1 amide bonds. The van der Waals surface area contributed by atoms with E-state index in [1.165, 1.54) is 18.2 Å². The van der Waals surface area contributed by atoms with Crippen molar-refractivity contribution in [2.24, 2.45) is 0 Å². The first-order valence-corrected chi connectivity index (χ1v) is 9.53. The number of nitrogens with zero attached hydrogens (tertiary/aromatic N) is 4. The summed E-state index contributed by atoms with van der Waals surface area (Å²) in [7, 11) is 0. The third kappa shape index (κ3) is 4.18. The Bertz CT molecular complexity index is 1060. The van der Waals surface area contributed by atoms with Crippen LogP contribution >= 0.6 is 0 Å². The Kier molecular flexibility index (Phi) is 5.37. The van der Waals surface area contributed by atoms with Crippen molar-refractivity contribution >= 4 is 11.6 Å². The highest BCUT2D eigenvalue weighted by Crippen LogP contribution is 2.19. The predicted octanol–water partition coefficient (Wildman–Crippen LogP) is 2.40. The first-order valence-electron chi connectivity index (χ1n) is 9.53. The zero-order valence-electron chi connectivity index (χ0n) is 15.9. The first kappa shape index (κ1) is 18.9. The zero-order chi connectivity index (χ0) is 20.2. The predicted molar refractivity (Wildman–Crippen MR) is 109 cm³/mol. The van der Waals surface area contributed by atoms with E-state index in [9.17, 15) is 14.0 Å². The molecular weight excluding hydrogens is 371 g/mol. The smallest absolute Gasteiger partial charge is 0.267 e. The van der Waals surface area contributed by atoms with Crippen molar-refractivity contribution < 1.29 is 9.18 Å². The van der Waals surface area contributed by atoms with Gasteiger partial charge in [0, 0.05) is 43.5 Å². The van der Waals surface area contributed by atoms with Crippen LogP contribution in [0.15, 0.2) is 71.5 Å². The Morgan fingerprint density at radius 1 is 0.897 bits per heavy atom. The number of carbonyl (C=O) groups is 1. The quantitative estimate of drug-likeness (QED) is 0.684. The molecule has 0 unspecified atom stereocenters. The highest BCUT2D eigenvalue weighted by molar-refractivity contribution is 5.76. The minimum absolute atomic E-state index is 0.160. The molecule has 0 spiro atoms. The third-order valence-electron chi connectivity index (χ3n) is 5.06. The number of hydrogen-bond acceptors (Lipinski definition) is 4. The lowest BCUT2D eigenvalue weighted by atomic mass is 10.1. The van der Waals surface area contributed by atoms with Crippen LogP contribution in [0.5, 0.6) is 0 Å². The summed E-state index contributed by atoms with van der Waals surface area (Å²) in [5.41, 5.74) is 1.37. The Balaban J connectivity index is 1.44. The number of benzene rings is 2. The molecule has 0 saturated carbocycles. The fourth-order valence-electron chi connectivity index (χ4n) is 3.46. The molecule has 1 saturated heterocycles. The van der Waals surface area contributed by atoms with Crippen LogP contribution in [-0.2, 0) is 11.3 Å². The number of aromatic nitrogens is 2. The molecule has 0 atom stereocenters. The lowest BCUT2D eigenvalue weighted by Crippen LogP contribution is -2.50. The first-order chi connectivity index (χ1) is 14.1. The van der Waals surface area contributed by atoms with Crippen LogP contribution in [0.25, 0.3) is 11.3 Å². The van der Waals surface area contributed by atoms with Gasteiger partial charge in [0.05, 0.1) is 5.69 Å². The van der Waals surface area contributed by atoms with E-state index < -0.39 is 5.82 Å². The molecule has 6 nitrogen and oxygen atoms in total. The SMILES string of the molecule is O=C(Cn1nc(-c2ccccc2F)ccc1=O)N1CCN(c2ccccc2)CC1. The van der Waals surface area contributed by atoms with Crippen LogP contribution in [0.2, 0.25) is 0 Å². The van der Waals surface area contributed by atoms with E-state index in [1.807, 2.05) is 18.2 Å². The van der Waals surface area contributed by atoms with E-state index in [1.54, 1.807) is 23.1 Å². The van der Waals surface area contributed by atoms with E-state index >= 15 is 0 Å². The van der Waals surface area contributed by atoms with Crippen LogP contribution in [0.4, 0.5) is 10.1 Å². The molecule has 1 aliphatic rings. The number of halogens is 1. The van der Waals surface area contributed by atoms with E-state index in [-0.39, 0.29) is 18.0 Å². The van der Waals surface area contributed by atoms with Gasteiger partial charge in [-0.2, -0.15) is 5.10 Å². The maximum absolute atomic E-state index is 14.0. The number of carbonyl (C=O) groups excluding carboxylic acids is 1. The molecule has 4 rings (SSSR count). The Morgan fingerprint density at radius 3 is 2.31 bits per heavy atom. The van der Waals surface area contributed by atoms with Crippen molar-refractivity contribution in [2.45, 2.75) is 6.54 Å². The molecule has 3 aromatic rings. The molecule has 2 aromatic carbocycles. The van der Waals surface area contributed by atoms with Gasteiger partial charge in [-0.1, -0.05) is 30.3 Å². The van der Waals surface area contributed by atoms with E-state index in [0.717, 1.165) is 23.5 Å². The van der Waals surface area contributed by atoms with Gasteiger partial charge in [-0.25, -0.2) is 9.07 Å². The second kappa shape index (κ2) is 8.26. The topological polar surface area (TPSA) is 58.4 Å². The number of rotatable bonds is 4. The molecule has 0 N–H and O–H groups in total. The molecule has 2 heterocycles. The second-order valence-corrected chi connectivity index (χ2v) is 6.90. The Morgan fingerprint density at radius 2 is 1.59 bits per heavy atom. The standard InChI is InChI=1S/C22H21FN4O2/c23-19-9-5-4-8-18(19)20-10-11-21(28)27(24-20)16-22(29)26-14-12-25(13-15-26)17-6-2-1-3-7-17/h1-11H,12-16H2. The molecular formula is C22H21FN4O2. The highest BCUT2D eigenvalue weighted by atomic mass is 19.1. The summed E-state index contributed by atoms with van der Waals surface area (Å²) in [4.78, 5) is 28.9. The summed E-state index contributed by atoms with van der Waals surface area (Å²) in [6.45, 7) is 2.46. The van der Waals surface area contributed by atoms with E-state index in [4.69, 9.17) is 0 Å². The van der Waals surface area contributed by atoms with Gasteiger partial charge in [0.15, 0.2) is 0 Å². The monoisotopic (exact) mass is 392 g/mol. The molecule has 1 aliphatic heterocycles. The van der Waals surface area contributed by atoms with Gasteiger partial charge < -0.3 is 9.80 Å². The fourth-order valence-corrected chi connectivity index (χ4v) is 3.46. The fraction of sp³-hybridized carbons (Fsp3) is 0.227. The molecule has 0 radical (unpaired) electrons. The number of para-hydroxylation sites is 1. The van der Waals surface area contributed by atoms with Crippen LogP contribution in [0.3, 0.4) is 0 Å². The zero-order valence-corrected chi connectivity index (χ0v) is 15.9. The van der Waals surface area contributed by atoms with Crippen molar-refractivity contribution in [3.05, 3.63) is 82.9 Å². The molecule has 1 aromatic heterocycles. The Hall–Kier alpha value is -3.48. The number of hydrogen-bond donors (Lipinski definition) is 0. The summed E-state index contributed by atoms with van der Waals surface area (Å²) in [6, 6.07) is 19.1. The minimum atomic E-state index is -0.423. The molecule has 148 valence electrons. The van der Waals surface area contributed by atoms with Crippen molar-refractivity contribution in [1.82, 2.24) is 14.7 Å². The molecule has 29 heavy (non-hydrogen) atoms. The summed E-state index contributed by atoms with van der Waals surface area (Å²) in [5, 5.41) is 4.21. The van der Waals surface area contributed by atoms with Crippen molar-refractivity contribution in [1.29, 1.82) is 0 Å². The average molecular weight is 392 g/mol. The molecule has 1 fully saturated rings. The van der Waals surface area contributed by atoms with Gasteiger partial charge in [-0.3, -0.25) is 9.59 Å². The molecule has 0 bridgehead atoms. The highest BCUT2D eigenvalue weighted by Gasteiger charge is 2.22. The van der Waals surface area contributed by atoms with E-state index in [0.29, 0.717) is 24.3 Å². The Labute approximate surface area is 167 Å². The maximum Gasteiger partial charge on any atom is 0.267 e. The van der Waals surface area contributed by atoms with Gasteiger partial charge >= 0.3 is 0 Å². The molecule has 0 aliphatic carbocycles. The number of amides is 1. The lowest BCUT2D eigenvalue weighted by molar-refractivity contribution is -0.132. The van der Waals surface area contributed by atoms with Crippen molar-refractivity contribution in [3.8, 4) is 11.3 Å². The summed E-state index contributed by atoms with van der Waals surface area (Å²) < 4.78 is 15.1. The van der Waals surface area contributed by atoms with Crippen LogP contribution in [0, 0.1) is 5.82 Å². The average Bonchev–Trinajstić information content (AvgIpc) is 2.76.